The summed E-state index contributed by atoms with van der Waals surface area (Å²) >= 11 is 1.36. The summed E-state index contributed by atoms with van der Waals surface area (Å²) in [6, 6.07) is 12.0. The van der Waals surface area contributed by atoms with Crippen LogP contribution in [-0.4, -0.2) is 21.6 Å². The van der Waals surface area contributed by atoms with Gasteiger partial charge in [-0.1, -0.05) is 30.0 Å². The minimum absolute atomic E-state index is 0.0537. The third-order valence-electron chi connectivity index (χ3n) is 4.69. The number of anilines is 2. The number of nitro benzene ring substituents is 1. The number of nitrogens with one attached hydrogen (secondary N) is 1. The van der Waals surface area contributed by atoms with E-state index < -0.39 is 9.79 Å². The van der Waals surface area contributed by atoms with Crippen molar-refractivity contribution in [2.75, 3.05) is 10.2 Å². The first kappa shape index (κ1) is 16.6. The molecule has 1 fully saturated rings. The molecule has 1 unspecified atom stereocenters. The molecule has 2 aromatic carbocycles. The quantitative estimate of drug-likeness (QED) is 0.660. The number of carbonyl (C=O) groups excluding carboxylic acids is 2. The van der Waals surface area contributed by atoms with E-state index in [0.717, 1.165) is 10.6 Å². The molecular formula is C18H15N3O4S. The summed E-state index contributed by atoms with van der Waals surface area (Å²) in [4.78, 5) is 37.6. The van der Waals surface area contributed by atoms with Crippen molar-refractivity contribution in [1.29, 1.82) is 0 Å². The molecule has 0 bridgehead atoms. The number of hydrogen-bond acceptors (Lipinski definition) is 5. The summed E-state index contributed by atoms with van der Waals surface area (Å²) in [7, 11) is 0. The van der Waals surface area contributed by atoms with Crippen molar-refractivity contribution in [3.8, 4) is 0 Å². The van der Waals surface area contributed by atoms with Gasteiger partial charge in [-0.25, -0.2) is 0 Å². The zero-order valence-corrected chi connectivity index (χ0v) is 14.7. The smallest absolute Gasteiger partial charge is 0.274 e. The number of para-hydroxylation sites is 1. The van der Waals surface area contributed by atoms with Crippen molar-refractivity contribution in [1.82, 2.24) is 0 Å². The number of aryl methyl sites for hydroxylation is 1. The van der Waals surface area contributed by atoms with Crippen LogP contribution in [0.3, 0.4) is 0 Å². The van der Waals surface area contributed by atoms with Crippen LogP contribution in [0.15, 0.2) is 47.4 Å². The largest absolute Gasteiger partial charge is 0.323 e. The van der Waals surface area contributed by atoms with Crippen LogP contribution in [0.2, 0.25) is 0 Å². The average molecular weight is 369 g/mol. The molecule has 0 spiro atoms. The second-order valence-corrected chi connectivity index (χ2v) is 7.62. The fraction of sp³-hybridized carbons (Fsp3) is 0.222. The minimum Gasteiger partial charge on any atom is -0.323 e. The first-order chi connectivity index (χ1) is 12.4. The SMILES string of the molecule is Cc1ccc(NC(=O)C23CCC(=O)N2c2ccccc2S3)cc1[N+](=O)[O-]. The normalized spacial score (nSPS) is 20.7. The monoisotopic (exact) mass is 369 g/mol. The summed E-state index contributed by atoms with van der Waals surface area (Å²) in [6.45, 7) is 1.64. The molecule has 0 aromatic heterocycles. The summed E-state index contributed by atoms with van der Waals surface area (Å²) in [5.41, 5.74) is 1.55. The third-order valence-corrected chi connectivity index (χ3v) is 6.17. The molecule has 0 aliphatic carbocycles. The van der Waals surface area contributed by atoms with Crippen molar-refractivity contribution in [2.24, 2.45) is 0 Å². The molecule has 8 heteroatoms. The van der Waals surface area contributed by atoms with Gasteiger partial charge in [0.05, 0.1) is 10.6 Å². The number of rotatable bonds is 3. The molecule has 1 N–H and O–H groups in total. The fourth-order valence-electron chi connectivity index (χ4n) is 3.41. The Kier molecular flexibility index (Phi) is 3.73. The second-order valence-electron chi connectivity index (χ2n) is 6.30. The Balaban J connectivity index is 1.68. The van der Waals surface area contributed by atoms with E-state index in [0.29, 0.717) is 24.1 Å². The van der Waals surface area contributed by atoms with Crippen molar-refractivity contribution in [3.63, 3.8) is 0 Å². The van der Waals surface area contributed by atoms with Gasteiger partial charge in [-0.2, -0.15) is 0 Å². The van der Waals surface area contributed by atoms with E-state index in [1.807, 2.05) is 24.3 Å². The number of benzene rings is 2. The van der Waals surface area contributed by atoms with Crippen LogP contribution >= 0.6 is 11.8 Å². The molecule has 0 radical (unpaired) electrons. The van der Waals surface area contributed by atoms with Gasteiger partial charge in [-0.15, -0.1) is 0 Å². The van der Waals surface area contributed by atoms with Gasteiger partial charge in [0.1, 0.15) is 0 Å². The maximum absolute atomic E-state index is 13.1. The lowest BCUT2D eigenvalue weighted by molar-refractivity contribution is -0.385. The Morgan fingerprint density at radius 2 is 2.08 bits per heavy atom. The molecule has 2 aromatic rings. The van der Waals surface area contributed by atoms with E-state index >= 15 is 0 Å². The zero-order valence-electron chi connectivity index (χ0n) is 13.9. The van der Waals surface area contributed by atoms with E-state index in [-0.39, 0.29) is 17.5 Å². The standard InChI is InChI=1S/C18H15N3O4S/c1-11-6-7-12(10-14(11)21(24)25)19-17(23)18-9-8-16(22)20(18)13-4-2-3-5-15(13)26-18/h2-7,10H,8-9H2,1H3,(H,19,23). The van der Waals surface area contributed by atoms with Crippen molar-refractivity contribution < 1.29 is 14.5 Å². The summed E-state index contributed by atoms with van der Waals surface area (Å²) in [5.74, 6) is -0.435. The number of nitrogens with zero attached hydrogens (tertiary/aromatic N) is 2. The maximum Gasteiger partial charge on any atom is 0.274 e. The van der Waals surface area contributed by atoms with Crippen LogP contribution < -0.4 is 10.2 Å². The summed E-state index contributed by atoms with van der Waals surface area (Å²) in [6.07, 6.45) is 0.688. The van der Waals surface area contributed by atoms with Crippen LogP contribution in [0, 0.1) is 17.0 Å². The van der Waals surface area contributed by atoms with Crippen LogP contribution in [0.25, 0.3) is 0 Å². The lowest BCUT2D eigenvalue weighted by Crippen LogP contribution is -2.49. The van der Waals surface area contributed by atoms with Gasteiger partial charge < -0.3 is 5.32 Å². The second kappa shape index (κ2) is 5.84. The first-order valence-corrected chi connectivity index (χ1v) is 8.92. The molecule has 1 saturated heterocycles. The molecule has 26 heavy (non-hydrogen) atoms. The van der Waals surface area contributed by atoms with Gasteiger partial charge in [0.2, 0.25) is 5.91 Å². The highest BCUT2D eigenvalue weighted by Gasteiger charge is 2.57. The fourth-order valence-corrected chi connectivity index (χ4v) is 4.82. The summed E-state index contributed by atoms with van der Waals surface area (Å²) in [5, 5.41) is 13.9. The zero-order chi connectivity index (χ0) is 18.5. The Morgan fingerprint density at radius 1 is 1.31 bits per heavy atom. The number of nitro groups is 1. The van der Waals surface area contributed by atoms with Crippen LogP contribution in [0.5, 0.6) is 0 Å². The van der Waals surface area contributed by atoms with E-state index in [2.05, 4.69) is 5.32 Å². The van der Waals surface area contributed by atoms with Crippen LogP contribution in [-0.2, 0) is 9.59 Å². The molecule has 0 saturated carbocycles. The Bertz CT molecular complexity index is 961. The van der Waals surface area contributed by atoms with Gasteiger partial charge in [-0.3, -0.25) is 24.6 Å². The molecule has 132 valence electrons. The first-order valence-electron chi connectivity index (χ1n) is 8.10. The molecule has 2 aliphatic heterocycles. The highest BCUT2D eigenvalue weighted by Crippen LogP contribution is 2.56. The third kappa shape index (κ3) is 2.37. The van der Waals surface area contributed by atoms with Crippen LogP contribution in [0.1, 0.15) is 18.4 Å². The van der Waals surface area contributed by atoms with E-state index in [4.69, 9.17) is 0 Å². The Hall–Kier alpha value is -2.87. The number of amides is 2. The molecule has 2 amide bonds. The average Bonchev–Trinajstić information content (AvgIpc) is 3.12. The predicted molar refractivity (Wildman–Crippen MR) is 98.2 cm³/mol. The highest BCUT2D eigenvalue weighted by atomic mass is 32.2. The molecule has 1 atom stereocenters. The number of hydrogen-bond donors (Lipinski definition) is 1. The van der Waals surface area contributed by atoms with Crippen molar-refractivity contribution in [3.05, 3.63) is 58.1 Å². The van der Waals surface area contributed by atoms with E-state index in [9.17, 15) is 19.7 Å². The molecule has 7 nitrogen and oxygen atoms in total. The maximum atomic E-state index is 13.1. The Morgan fingerprint density at radius 3 is 2.85 bits per heavy atom. The van der Waals surface area contributed by atoms with Crippen LogP contribution in [0.4, 0.5) is 17.1 Å². The Labute approximate surface area is 153 Å². The van der Waals surface area contributed by atoms with Gasteiger partial charge in [0.15, 0.2) is 4.87 Å². The van der Waals surface area contributed by atoms with Gasteiger partial charge in [0.25, 0.3) is 11.6 Å². The van der Waals surface area contributed by atoms with Crippen molar-refractivity contribution in [2.45, 2.75) is 29.5 Å². The minimum atomic E-state index is -1.04. The predicted octanol–water partition coefficient (Wildman–Crippen LogP) is 3.47. The molecule has 2 aliphatic rings. The van der Waals surface area contributed by atoms with Gasteiger partial charge >= 0.3 is 0 Å². The van der Waals surface area contributed by atoms with E-state index in [1.165, 1.54) is 17.8 Å². The topological polar surface area (TPSA) is 92.6 Å². The van der Waals surface area contributed by atoms with Gasteiger partial charge in [0, 0.05) is 28.6 Å². The lowest BCUT2D eigenvalue weighted by Gasteiger charge is -2.29. The molecule has 2 heterocycles. The summed E-state index contributed by atoms with van der Waals surface area (Å²) < 4.78 is 0. The van der Waals surface area contributed by atoms with Crippen molar-refractivity contribution >= 4 is 40.6 Å². The number of carbonyl (C=O) groups is 2. The van der Waals surface area contributed by atoms with Gasteiger partial charge in [-0.05, 0) is 31.5 Å². The number of fused-ring (bicyclic) bond motifs is 3. The highest BCUT2D eigenvalue weighted by molar-refractivity contribution is 8.02. The number of thioether (sulfide) groups is 1. The molecule has 4 rings (SSSR count). The molecular weight excluding hydrogens is 354 g/mol. The van der Waals surface area contributed by atoms with E-state index in [1.54, 1.807) is 24.0 Å². The lowest BCUT2D eigenvalue weighted by atomic mass is 10.1.